The number of carbonyl (C=O) groups is 2. The Morgan fingerprint density at radius 3 is 2.73 bits per heavy atom. The fourth-order valence-corrected chi connectivity index (χ4v) is 1.69. The van der Waals surface area contributed by atoms with Gasteiger partial charge in [-0.05, 0) is 35.9 Å². The number of benzene rings is 1. The Bertz CT molecular complexity index is 710. The van der Waals surface area contributed by atoms with Crippen molar-refractivity contribution in [1.29, 1.82) is 0 Å². The van der Waals surface area contributed by atoms with Crippen LogP contribution in [0.15, 0.2) is 48.8 Å². The van der Waals surface area contributed by atoms with Gasteiger partial charge >= 0.3 is 5.97 Å². The Hall–Kier alpha value is -3.15. The quantitative estimate of drug-likeness (QED) is 0.626. The van der Waals surface area contributed by atoms with Crippen molar-refractivity contribution in [2.24, 2.45) is 0 Å². The number of carbonyl (C=O) groups excluding carboxylic acids is 1. The van der Waals surface area contributed by atoms with Crippen molar-refractivity contribution >= 4 is 17.8 Å². The second-order valence-corrected chi connectivity index (χ2v) is 4.35. The van der Waals surface area contributed by atoms with E-state index in [9.17, 15) is 14.7 Å². The molecule has 0 bridgehead atoms. The monoisotopic (exact) mass is 299 g/mol. The maximum absolute atomic E-state index is 12.0. The van der Waals surface area contributed by atoms with Crippen molar-refractivity contribution in [2.45, 2.75) is 0 Å². The highest BCUT2D eigenvalue weighted by atomic mass is 16.5. The number of aromatic hydroxyl groups is 1. The van der Waals surface area contributed by atoms with Gasteiger partial charge in [-0.15, -0.1) is 0 Å². The maximum Gasteiger partial charge on any atom is 0.341 e. The van der Waals surface area contributed by atoms with Crippen LogP contribution in [0.1, 0.15) is 15.9 Å². The summed E-state index contributed by atoms with van der Waals surface area (Å²) in [5.74, 6) is -1.61. The molecular formula is C16H13NO5. The number of hydrogen-bond donors (Lipinski definition) is 2. The molecule has 0 radical (unpaired) electrons. The molecule has 6 heteroatoms. The first-order valence-electron chi connectivity index (χ1n) is 6.36. The summed E-state index contributed by atoms with van der Waals surface area (Å²) >= 11 is 0. The summed E-state index contributed by atoms with van der Waals surface area (Å²) in [4.78, 5) is 26.3. The van der Waals surface area contributed by atoms with E-state index in [1.807, 2.05) is 0 Å². The lowest BCUT2D eigenvalue weighted by Gasteiger charge is -2.06. The molecule has 112 valence electrons. The van der Waals surface area contributed by atoms with Crippen LogP contribution >= 0.6 is 0 Å². The molecule has 22 heavy (non-hydrogen) atoms. The first-order chi connectivity index (χ1) is 10.6. The number of aliphatic carboxylic acids is 1. The van der Waals surface area contributed by atoms with E-state index in [0.29, 0.717) is 0 Å². The van der Waals surface area contributed by atoms with Gasteiger partial charge in [0.2, 0.25) is 0 Å². The van der Waals surface area contributed by atoms with Crippen LogP contribution in [0.4, 0.5) is 0 Å². The topological polar surface area (TPSA) is 96.7 Å². The Balaban J connectivity index is 2.10. The highest BCUT2D eigenvalue weighted by Crippen LogP contribution is 2.24. The first-order valence-corrected chi connectivity index (χ1v) is 6.36. The minimum absolute atomic E-state index is 0.0998. The molecule has 0 saturated carbocycles. The van der Waals surface area contributed by atoms with Gasteiger partial charge in [0.15, 0.2) is 12.4 Å². The second kappa shape index (κ2) is 7.03. The van der Waals surface area contributed by atoms with Crippen molar-refractivity contribution in [3.63, 3.8) is 0 Å². The summed E-state index contributed by atoms with van der Waals surface area (Å²) in [6.07, 6.45) is 6.14. The van der Waals surface area contributed by atoms with Crippen molar-refractivity contribution < 1.29 is 24.5 Å². The molecule has 0 aliphatic heterocycles. The van der Waals surface area contributed by atoms with Crippen LogP contribution in [0, 0.1) is 0 Å². The van der Waals surface area contributed by atoms with Gasteiger partial charge < -0.3 is 14.9 Å². The van der Waals surface area contributed by atoms with Crippen LogP contribution in [0.25, 0.3) is 6.08 Å². The molecule has 0 fully saturated rings. The number of ketones is 1. The van der Waals surface area contributed by atoms with E-state index < -0.39 is 12.6 Å². The van der Waals surface area contributed by atoms with Crippen LogP contribution in [0.2, 0.25) is 0 Å². The summed E-state index contributed by atoms with van der Waals surface area (Å²) < 4.78 is 4.92. The normalized spacial score (nSPS) is 10.5. The highest BCUT2D eigenvalue weighted by molar-refractivity contribution is 6.08. The number of hydrogen-bond acceptors (Lipinski definition) is 5. The molecule has 6 nitrogen and oxygen atoms in total. The van der Waals surface area contributed by atoms with Crippen LogP contribution < -0.4 is 4.74 Å². The van der Waals surface area contributed by atoms with Crippen LogP contribution in [0.5, 0.6) is 11.5 Å². The van der Waals surface area contributed by atoms with Gasteiger partial charge in [-0.1, -0.05) is 6.07 Å². The zero-order valence-corrected chi connectivity index (χ0v) is 11.5. The zero-order chi connectivity index (χ0) is 15.9. The number of carboxylic acid groups (broad SMARTS) is 1. The molecular weight excluding hydrogens is 286 g/mol. The van der Waals surface area contributed by atoms with Crippen molar-refractivity contribution in [3.8, 4) is 11.5 Å². The molecule has 2 N–H and O–H groups in total. The molecule has 0 amide bonds. The number of ether oxygens (including phenoxy) is 1. The zero-order valence-electron chi connectivity index (χ0n) is 11.5. The second-order valence-electron chi connectivity index (χ2n) is 4.35. The van der Waals surface area contributed by atoms with Crippen molar-refractivity contribution in [1.82, 2.24) is 4.98 Å². The lowest BCUT2D eigenvalue weighted by molar-refractivity contribution is -0.139. The fraction of sp³-hybridized carbons (Fsp3) is 0.0625. The van der Waals surface area contributed by atoms with Crippen LogP contribution in [-0.2, 0) is 4.79 Å². The lowest BCUT2D eigenvalue weighted by Crippen LogP contribution is -2.09. The van der Waals surface area contributed by atoms with Gasteiger partial charge in [0.1, 0.15) is 11.5 Å². The van der Waals surface area contributed by atoms with E-state index >= 15 is 0 Å². The number of allylic oxidation sites excluding steroid dienone is 1. The largest absolute Gasteiger partial charge is 0.507 e. The third kappa shape index (κ3) is 4.17. The highest BCUT2D eigenvalue weighted by Gasteiger charge is 2.10. The SMILES string of the molecule is O=C(O)COc1ccc(C(=O)C=Cc2cccnc2)c(O)c1. The third-order valence-electron chi connectivity index (χ3n) is 2.71. The Morgan fingerprint density at radius 2 is 2.09 bits per heavy atom. The molecule has 1 aromatic heterocycles. The van der Waals surface area contributed by atoms with E-state index in [-0.39, 0.29) is 22.8 Å². The third-order valence-corrected chi connectivity index (χ3v) is 2.71. The van der Waals surface area contributed by atoms with Crippen molar-refractivity contribution in [2.75, 3.05) is 6.61 Å². The van der Waals surface area contributed by atoms with Crippen LogP contribution in [0.3, 0.4) is 0 Å². The van der Waals surface area contributed by atoms with Crippen molar-refractivity contribution in [3.05, 3.63) is 59.9 Å². The van der Waals surface area contributed by atoms with Gasteiger partial charge in [0.25, 0.3) is 0 Å². The molecule has 0 unspecified atom stereocenters. The summed E-state index contributed by atoms with van der Waals surface area (Å²) in [5, 5.41) is 18.3. The summed E-state index contributed by atoms with van der Waals surface area (Å²) in [7, 11) is 0. The summed E-state index contributed by atoms with van der Waals surface area (Å²) in [6, 6.07) is 7.54. The molecule has 2 rings (SSSR count). The Labute approximate surface area is 126 Å². The molecule has 0 spiro atoms. The van der Waals surface area contributed by atoms with E-state index in [1.54, 1.807) is 30.6 Å². The van der Waals surface area contributed by atoms with Gasteiger partial charge in [-0.25, -0.2) is 4.79 Å². The molecule has 1 heterocycles. The molecule has 0 aliphatic rings. The standard InChI is InChI=1S/C16H13NO5/c18-14(6-3-11-2-1-7-17-9-11)13-5-4-12(8-15(13)19)22-10-16(20)21/h1-9,19H,10H2,(H,20,21). The predicted octanol–water partition coefficient (Wildman–Crippen LogP) is 2.15. The van der Waals surface area contributed by atoms with E-state index in [1.165, 1.54) is 24.3 Å². The van der Waals surface area contributed by atoms with E-state index in [2.05, 4.69) is 4.98 Å². The molecule has 0 saturated heterocycles. The molecule has 0 atom stereocenters. The number of phenolic OH excluding ortho intramolecular Hbond substituents is 1. The van der Waals surface area contributed by atoms with Crippen LogP contribution in [-0.4, -0.2) is 33.6 Å². The molecule has 1 aromatic carbocycles. The predicted molar refractivity (Wildman–Crippen MR) is 78.8 cm³/mol. The lowest BCUT2D eigenvalue weighted by atomic mass is 10.1. The van der Waals surface area contributed by atoms with Gasteiger partial charge in [0, 0.05) is 18.5 Å². The molecule has 0 aliphatic carbocycles. The average molecular weight is 299 g/mol. The Morgan fingerprint density at radius 1 is 1.27 bits per heavy atom. The fourth-order valence-electron chi connectivity index (χ4n) is 1.69. The smallest absolute Gasteiger partial charge is 0.341 e. The first kappa shape index (κ1) is 15.2. The summed E-state index contributed by atoms with van der Waals surface area (Å²) in [5.41, 5.74) is 0.861. The minimum atomic E-state index is -1.13. The number of carboxylic acids is 1. The summed E-state index contributed by atoms with van der Waals surface area (Å²) in [6.45, 7) is -0.520. The van der Waals surface area contributed by atoms with E-state index in [4.69, 9.17) is 9.84 Å². The minimum Gasteiger partial charge on any atom is -0.507 e. The number of phenols is 1. The number of nitrogens with zero attached hydrogens (tertiary/aromatic N) is 1. The Kier molecular flexibility index (Phi) is 4.87. The van der Waals surface area contributed by atoms with E-state index in [0.717, 1.165) is 5.56 Å². The average Bonchev–Trinajstić information content (AvgIpc) is 2.51. The van der Waals surface area contributed by atoms with Gasteiger partial charge in [0.05, 0.1) is 5.56 Å². The number of rotatable bonds is 6. The van der Waals surface area contributed by atoms with Gasteiger partial charge in [-0.2, -0.15) is 0 Å². The molecule has 2 aromatic rings. The maximum atomic E-state index is 12.0. The number of pyridine rings is 1. The number of aromatic nitrogens is 1. The van der Waals surface area contributed by atoms with Gasteiger partial charge in [-0.3, -0.25) is 9.78 Å².